The quantitative estimate of drug-likeness (QED) is 0.486. The number of ether oxygens (including phenoxy) is 1. The van der Waals surface area contributed by atoms with E-state index in [-0.39, 0.29) is 18.3 Å². The summed E-state index contributed by atoms with van der Waals surface area (Å²) in [6, 6.07) is 7.38. The zero-order chi connectivity index (χ0) is 14.5. The van der Waals surface area contributed by atoms with Crippen LogP contribution in [0.2, 0.25) is 0 Å². The van der Waals surface area contributed by atoms with E-state index in [1.165, 1.54) is 0 Å². The fourth-order valence-corrected chi connectivity index (χ4v) is 1.90. The Hall–Kier alpha value is -2.26. The number of nitrogens with one attached hydrogen (secondary N) is 1. The van der Waals surface area contributed by atoms with Crippen molar-refractivity contribution < 1.29 is 9.66 Å². The largest absolute Gasteiger partial charge is 0.468 e. The van der Waals surface area contributed by atoms with E-state index in [2.05, 4.69) is 31.3 Å². The Kier molecular flexibility index (Phi) is 4.43. The van der Waals surface area contributed by atoms with Gasteiger partial charge in [-0.1, -0.05) is 34.1 Å². The molecule has 2 aromatic rings. The first-order valence-corrected chi connectivity index (χ1v) is 6.25. The van der Waals surface area contributed by atoms with Crippen molar-refractivity contribution in [3.63, 3.8) is 0 Å². The van der Waals surface area contributed by atoms with Crippen molar-refractivity contribution in [2.24, 2.45) is 5.84 Å². The molecule has 0 radical (unpaired) electrons. The Bertz CT molecular complexity index is 637. The number of nitrogens with two attached hydrogens (primary N) is 1. The van der Waals surface area contributed by atoms with Gasteiger partial charge >= 0.3 is 5.69 Å². The van der Waals surface area contributed by atoms with Gasteiger partial charge in [-0.15, -0.1) is 0 Å². The number of hydrogen-bond acceptors (Lipinski definition) is 7. The minimum absolute atomic E-state index is 0.105. The molecule has 0 spiro atoms. The molecule has 1 heterocycles. The van der Waals surface area contributed by atoms with Gasteiger partial charge in [-0.25, -0.2) is 10.8 Å². The Balaban J connectivity index is 2.26. The maximum Gasteiger partial charge on any atom is 0.374 e. The number of aromatic nitrogens is 2. The second kappa shape index (κ2) is 6.26. The summed E-state index contributed by atoms with van der Waals surface area (Å²) in [6.07, 6.45) is 1.14. The third-order valence-corrected chi connectivity index (χ3v) is 3.20. The van der Waals surface area contributed by atoms with E-state index in [4.69, 9.17) is 10.6 Å². The van der Waals surface area contributed by atoms with Gasteiger partial charge in [0.25, 0.3) is 5.88 Å². The lowest BCUT2D eigenvalue weighted by Gasteiger charge is -2.08. The molecule has 0 saturated heterocycles. The lowest BCUT2D eigenvalue weighted by atomic mass is 10.2. The average Bonchev–Trinajstić information content (AvgIpc) is 2.45. The second-order valence-corrected chi connectivity index (χ2v) is 4.51. The van der Waals surface area contributed by atoms with E-state index in [1.807, 2.05) is 24.3 Å². The Morgan fingerprint density at radius 1 is 1.40 bits per heavy atom. The molecule has 0 atom stereocenters. The molecular formula is C11H10BrN5O3. The van der Waals surface area contributed by atoms with Gasteiger partial charge in [0, 0.05) is 10.0 Å². The molecule has 0 bridgehead atoms. The third kappa shape index (κ3) is 3.00. The normalized spacial score (nSPS) is 10.1. The Labute approximate surface area is 122 Å². The monoisotopic (exact) mass is 339 g/mol. The van der Waals surface area contributed by atoms with E-state index in [0.29, 0.717) is 0 Å². The van der Waals surface area contributed by atoms with Crippen molar-refractivity contribution in [1.82, 2.24) is 9.97 Å². The molecule has 0 aliphatic rings. The lowest BCUT2D eigenvalue weighted by Crippen LogP contribution is -2.12. The number of hydrazine groups is 1. The zero-order valence-corrected chi connectivity index (χ0v) is 11.7. The molecule has 0 amide bonds. The fourth-order valence-electron chi connectivity index (χ4n) is 1.50. The number of benzene rings is 1. The van der Waals surface area contributed by atoms with Crippen molar-refractivity contribution in [3.05, 3.63) is 50.7 Å². The van der Waals surface area contributed by atoms with Crippen molar-refractivity contribution in [2.45, 2.75) is 6.61 Å². The van der Waals surface area contributed by atoms with Gasteiger partial charge < -0.3 is 10.2 Å². The Morgan fingerprint density at radius 2 is 2.15 bits per heavy atom. The van der Waals surface area contributed by atoms with Crippen LogP contribution in [0.1, 0.15) is 5.56 Å². The van der Waals surface area contributed by atoms with Gasteiger partial charge in [-0.3, -0.25) is 10.1 Å². The minimum Gasteiger partial charge on any atom is -0.468 e. The highest BCUT2D eigenvalue weighted by Crippen LogP contribution is 2.31. The van der Waals surface area contributed by atoms with E-state index in [9.17, 15) is 10.1 Å². The van der Waals surface area contributed by atoms with E-state index < -0.39 is 10.6 Å². The molecule has 0 aliphatic carbocycles. The molecule has 2 rings (SSSR count). The number of halogens is 1. The first-order valence-electron chi connectivity index (χ1n) is 5.45. The number of anilines is 1. The molecule has 0 saturated carbocycles. The van der Waals surface area contributed by atoms with Crippen molar-refractivity contribution in [3.8, 4) is 5.88 Å². The maximum absolute atomic E-state index is 11.0. The molecule has 8 nitrogen and oxygen atoms in total. The second-order valence-electron chi connectivity index (χ2n) is 3.66. The lowest BCUT2D eigenvalue weighted by molar-refractivity contribution is -0.385. The van der Waals surface area contributed by atoms with Crippen LogP contribution in [0.25, 0.3) is 0 Å². The van der Waals surface area contributed by atoms with Gasteiger partial charge in [0.2, 0.25) is 5.82 Å². The number of nitrogen functional groups attached to an aromatic ring is 1. The SMILES string of the molecule is NNc1ncnc(OCc2ccccc2Br)c1[N+](=O)[O-]. The van der Waals surface area contributed by atoms with Crippen LogP contribution < -0.4 is 16.0 Å². The molecule has 0 fully saturated rings. The van der Waals surface area contributed by atoms with Crippen LogP contribution in [0.5, 0.6) is 5.88 Å². The summed E-state index contributed by atoms with van der Waals surface area (Å²) >= 11 is 3.37. The molecule has 104 valence electrons. The summed E-state index contributed by atoms with van der Waals surface area (Å²) in [5, 5.41) is 11.0. The molecule has 20 heavy (non-hydrogen) atoms. The number of nitro groups is 1. The number of hydrogen-bond donors (Lipinski definition) is 2. The Morgan fingerprint density at radius 3 is 2.80 bits per heavy atom. The number of rotatable bonds is 5. The summed E-state index contributed by atoms with van der Waals surface area (Å²) in [7, 11) is 0. The topological polar surface area (TPSA) is 116 Å². The summed E-state index contributed by atoms with van der Waals surface area (Å²) < 4.78 is 6.23. The third-order valence-electron chi connectivity index (χ3n) is 2.43. The maximum atomic E-state index is 11.0. The highest BCUT2D eigenvalue weighted by Gasteiger charge is 2.24. The van der Waals surface area contributed by atoms with Crippen molar-refractivity contribution in [1.29, 1.82) is 0 Å². The molecule has 1 aromatic heterocycles. The van der Waals surface area contributed by atoms with E-state index in [1.54, 1.807) is 0 Å². The van der Waals surface area contributed by atoms with Gasteiger partial charge in [0.1, 0.15) is 12.9 Å². The molecule has 3 N–H and O–H groups in total. The van der Waals surface area contributed by atoms with Crippen molar-refractivity contribution >= 4 is 27.4 Å². The standard InChI is InChI=1S/C11H10BrN5O3/c12-8-4-2-1-3-7(8)5-20-11-9(17(18)19)10(16-13)14-6-15-11/h1-4,6H,5,13H2,(H,14,15,16). The molecule has 9 heteroatoms. The molecule has 1 aromatic carbocycles. The van der Waals surface area contributed by atoms with E-state index >= 15 is 0 Å². The van der Waals surface area contributed by atoms with Crippen LogP contribution in [-0.4, -0.2) is 14.9 Å². The predicted molar refractivity (Wildman–Crippen MR) is 75.0 cm³/mol. The van der Waals surface area contributed by atoms with Crippen LogP contribution >= 0.6 is 15.9 Å². The van der Waals surface area contributed by atoms with Gasteiger partial charge in [-0.2, -0.15) is 4.98 Å². The summed E-state index contributed by atoms with van der Waals surface area (Å²) in [5.41, 5.74) is 2.58. The summed E-state index contributed by atoms with van der Waals surface area (Å²) in [6.45, 7) is 0.128. The zero-order valence-electron chi connectivity index (χ0n) is 10.1. The first kappa shape index (κ1) is 14.2. The smallest absolute Gasteiger partial charge is 0.374 e. The predicted octanol–water partition coefficient (Wildman–Crippen LogP) is 2.01. The molecule has 0 unspecified atom stereocenters. The number of nitrogens with zero attached hydrogens (tertiary/aromatic N) is 3. The van der Waals surface area contributed by atoms with Crippen LogP contribution in [0, 0.1) is 10.1 Å². The van der Waals surface area contributed by atoms with Gasteiger partial charge in [0.05, 0.1) is 4.92 Å². The van der Waals surface area contributed by atoms with Gasteiger partial charge in [0.15, 0.2) is 0 Å². The average molecular weight is 340 g/mol. The van der Waals surface area contributed by atoms with E-state index in [0.717, 1.165) is 16.4 Å². The summed E-state index contributed by atoms with van der Waals surface area (Å²) in [4.78, 5) is 17.8. The van der Waals surface area contributed by atoms with Crippen LogP contribution in [0.4, 0.5) is 11.5 Å². The molecular weight excluding hydrogens is 330 g/mol. The van der Waals surface area contributed by atoms with Crippen LogP contribution in [0.3, 0.4) is 0 Å². The minimum atomic E-state index is -0.648. The fraction of sp³-hybridized carbons (Fsp3) is 0.0909. The highest BCUT2D eigenvalue weighted by atomic mass is 79.9. The van der Waals surface area contributed by atoms with Gasteiger partial charge in [-0.05, 0) is 6.07 Å². The van der Waals surface area contributed by atoms with Crippen molar-refractivity contribution in [2.75, 3.05) is 5.43 Å². The highest BCUT2D eigenvalue weighted by molar-refractivity contribution is 9.10. The van der Waals surface area contributed by atoms with Crippen LogP contribution in [-0.2, 0) is 6.61 Å². The van der Waals surface area contributed by atoms with Crippen LogP contribution in [0.15, 0.2) is 35.1 Å². The molecule has 0 aliphatic heterocycles. The summed E-state index contributed by atoms with van der Waals surface area (Å²) in [5.74, 6) is 4.93. The first-order chi connectivity index (χ1) is 9.63.